The number of hydrogen-bond donors (Lipinski definition) is 0. The SMILES string of the molecule is N#Cc1cccc(S(=O)(=O)c2ccc(-n3c4ccccc4c4c3c3c5ccccc5n(-c5cc6c7c(c5)Oc5ccccc5B7c5ccccc5O6)c3c3c5ccccc5n(-c5cc6c7c(c5)Oc5ccccc5B7c5ccccc5O6)c43)cc2)c1. The van der Waals surface area contributed by atoms with Gasteiger partial charge in [-0.25, -0.2) is 8.42 Å². The second-order valence-corrected chi connectivity index (χ2v) is 24.5. The predicted octanol–water partition coefficient (Wildman–Crippen LogP) is 13.1. The van der Waals surface area contributed by atoms with Gasteiger partial charge in [0.1, 0.15) is 46.0 Å². The zero-order valence-corrected chi connectivity index (χ0v) is 46.2. The lowest BCUT2D eigenvalue weighted by molar-refractivity contribution is 0.463. The highest BCUT2D eigenvalue weighted by atomic mass is 32.2. The highest BCUT2D eigenvalue weighted by molar-refractivity contribution is 7.91. The average molecular weight is 1120 g/mol. The summed E-state index contributed by atoms with van der Waals surface area (Å²) in [5.41, 5.74) is 14.7. The van der Waals surface area contributed by atoms with Crippen molar-refractivity contribution in [1.29, 1.82) is 5.26 Å². The summed E-state index contributed by atoms with van der Waals surface area (Å²) in [4.78, 5) is 0.168. The average Bonchev–Trinajstić information content (AvgIpc) is 1.50. The largest absolute Gasteiger partial charge is 0.458 e. The molecule has 0 bridgehead atoms. The van der Waals surface area contributed by atoms with Gasteiger partial charge in [-0.3, -0.25) is 0 Å². The highest BCUT2D eigenvalue weighted by Crippen LogP contribution is 2.52. The molecule has 0 fully saturated rings. The first-order chi connectivity index (χ1) is 42.4. The molecule has 0 radical (unpaired) electrons. The minimum absolute atomic E-state index is 0.0537. The maximum atomic E-state index is 14.4. The van der Waals surface area contributed by atoms with Crippen LogP contribution in [0.15, 0.2) is 252 Å². The molecule has 0 saturated heterocycles. The fourth-order valence-corrected chi connectivity index (χ4v) is 15.9. The normalized spacial score (nSPS) is 13.3. The van der Waals surface area contributed by atoms with Crippen molar-refractivity contribution < 1.29 is 27.4 Å². The molecule has 12 aromatic carbocycles. The van der Waals surface area contributed by atoms with Gasteiger partial charge >= 0.3 is 0 Å². The summed E-state index contributed by atoms with van der Waals surface area (Å²) in [7, 11) is -4.01. The molecule has 0 saturated carbocycles. The Hall–Kier alpha value is -11.2. The first kappa shape index (κ1) is 47.3. The molecule has 4 aliphatic rings. The van der Waals surface area contributed by atoms with Crippen LogP contribution in [0.5, 0.6) is 46.0 Å². The Morgan fingerprint density at radius 3 is 1.07 bits per heavy atom. The molecule has 0 aliphatic carbocycles. The topological polar surface area (TPSA) is 110 Å². The molecule has 10 nitrogen and oxygen atoms in total. The summed E-state index contributed by atoms with van der Waals surface area (Å²) in [6.45, 7) is -0.225. The number of fused-ring (bicyclic) bond motifs is 20. The molecule has 4 aliphatic heterocycles. The van der Waals surface area contributed by atoms with Crippen LogP contribution < -0.4 is 51.7 Å². The van der Waals surface area contributed by atoms with Crippen molar-refractivity contribution in [2.45, 2.75) is 9.79 Å². The van der Waals surface area contributed by atoms with E-state index >= 15 is 0 Å². The first-order valence-corrected chi connectivity index (χ1v) is 30.1. The van der Waals surface area contributed by atoms with E-state index in [4.69, 9.17) is 18.9 Å². The van der Waals surface area contributed by atoms with E-state index in [-0.39, 0.29) is 28.8 Å². The van der Waals surface area contributed by atoms with E-state index in [0.717, 1.165) is 161 Å². The Bertz CT molecular complexity index is 5420. The summed E-state index contributed by atoms with van der Waals surface area (Å²) in [5.74, 6) is 6.07. The van der Waals surface area contributed by atoms with Crippen LogP contribution in [0.3, 0.4) is 0 Å². The van der Waals surface area contributed by atoms with Gasteiger partial charge in [-0.2, -0.15) is 5.26 Å². The third-order valence-corrected chi connectivity index (χ3v) is 19.9. The third kappa shape index (κ3) is 6.32. The number of sulfone groups is 1. The number of benzene rings is 12. The molecule has 86 heavy (non-hydrogen) atoms. The Morgan fingerprint density at radius 2 is 0.686 bits per heavy atom. The van der Waals surface area contributed by atoms with Crippen molar-refractivity contribution in [2.75, 3.05) is 0 Å². The zero-order chi connectivity index (χ0) is 56.7. The van der Waals surface area contributed by atoms with Crippen LogP contribution in [0.25, 0.3) is 82.5 Å². The molecule has 0 atom stereocenters. The molecule has 0 N–H and O–H groups in total. The lowest BCUT2D eigenvalue weighted by Crippen LogP contribution is -2.57. The molecule has 0 unspecified atom stereocenters. The number of hydrogen-bond acceptors (Lipinski definition) is 7. The summed E-state index contributed by atoms with van der Waals surface area (Å²) < 4.78 is 63.9. The fourth-order valence-electron chi connectivity index (χ4n) is 14.6. The van der Waals surface area contributed by atoms with Crippen molar-refractivity contribution in [3.8, 4) is 69.1 Å². The van der Waals surface area contributed by atoms with E-state index in [1.54, 1.807) is 24.3 Å². The smallest absolute Gasteiger partial charge is 0.260 e. The lowest BCUT2D eigenvalue weighted by Gasteiger charge is -2.33. The number of para-hydroxylation sites is 7. The monoisotopic (exact) mass is 1120 g/mol. The molecule has 7 heterocycles. The Morgan fingerprint density at radius 1 is 0.337 bits per heavy atom. The van der Waals surface area contributed by atoms with Gasteiger partial charge in [0.25, 0.3) is 13.4 Å². The highest BCUT2D eigenvalue weighted by Gasteiger charge is 2.43. The molecule has 13 heteroatoms. The van der Waals surface area contributed by atoms with Crippen molar-refractivity contribution in [2.24, 2.45) is 0 Å². The van der Waals surface area contributed by atoms with Crippen molar-refractivity contribution in [3.05, 3.63) is 248 Å². The number of ether oxygens (including phenoxy) is 4. The fraction of sp³-hybridized carbons (Fsp3) is 0. The Labute approximate surface area is 492 Å². The van der Waals surface area contributed by atoms with Gasteiger partial charge in [-0.05, 0) is 107 Å². The first-order valence-electron chi connectivity index (χ1n) is 28.6. The number of aromatic nitrogens is 3. The van der Waals surface area contributed by atoms with Crippen LogP contribution in [0.4, 0.5) is 0 Å². The van der Waals surface area contributed by atoms with E-state index in [9.17, 15) is 13.7 Å². The van der Waals surface area contributed by atoms with Crippen molar-refractivity contribution in [1.82, 2.24) is 13.7 Å². The van der Waals surface area contributed by atoms with E-state index in [1.807, 2.05) is 60.7 Å². The van der Waals surface area contributed by atoms with E-state index in [0.29, 0.717) is 0 Å². The molecular weight excluding hydrogens is 1080 g/mol. The van der Waals surface area contributed by atoms with Gasteiger partial charge in [0.15, 0.2) is 0 Å². The van der Waals surface area contributed by atoms with Gasteiger partial charge in [0, 0.05) is 73.2 Å². The Kier molecular flexibility index (Phi) is 9.47. The van der Waals surface area contributed by atoms with E-state index in [2.05, 4.69) is 165 Å². The van der Waals surface area contributed by atoms with E-state index < -0.39 is 9.84 Å². The summed E-state index contributed by atoms with van der Waals surface area (Å²) in [6.07, 6.45) is 0. The van der Waals surface area contributed by atoms with Gasteiger partial charge in [-0.15, -0.1) is 0 Å². The molecule has 3 aromatic heterocycles. The predicted molar refractivity (Wildman–Crippen MR) is 341 cm³/mol. The minimum Gasteiger partial charge on any atom is -0.458 e. The molecule has 0 spiro atoms. The second-order valence-electron chi connectivity index (χ2n) is 22.5. The molecular formula is C73H40B2N4O6S. The molecule has 0 amide bonds. The van der Waals surface area contributed by atoms with Gasteiger partial charge in [0.05, 0.1) is 65.9 Å². The van der Waals surface area contributed by atoms with Crippen LogP contribution in [-0.2, 0) is 9.84 Å². The minimum atomic E-state index is -4.01. The van der Waals surface area contributed by atoms with Crippen molar-refractivity contribution >= 4 is 121 Å². The third-order valence-electron chi connectivity index (χ3n) is 18.1. The number of nitriles is 1. The van der Waals surface area contributed by atoms with Gasteiger partial charge < -0.3 is 32.6 Å². The zero-order valence-electron chi connectivity index (χ0n) is 45.4. The van der Waals surface area contributed by atoms with Crippen LogP contribution >= 0.6 is 0 Å². The maximum absolute atomic E-state index is 14.4. The van der Waals surface area contributed by atoms with Crippen molar-refractivity contribution in [3.63, 3.8) is 0 Å². The Balaban J connectivity index is 0.959. The van der Waals surface area contributed by atoms with Gasteiger partial charge in [-0.1, -0.05) is 133 Å². The van der Waals surface area contributed by atoms with Crippen LogP contribution in [-0.4, -0.2) is 35.5 Å². The van der Waals surface area contributed by atoms with Gasteiger partial charge in [0.2, 0.25) is 9.84 Å². The maximum Gasteiger partial charge on any atom is 0.260 e. The molecule has 15 aromatic rings. The standard InChI is InChI=1S/C73H40B2N4O6S/c76-41-42-16-15-17-47(36-42)86(80,81)46-34-32-43(33-35-46)77-55-25-8-1-18-48(55)66-71(77)67-49-19-2-9-26-56(49)78(44-37-62-69-63(38-44)83-59-29-12-5-22-52(59)74(69)51-21-4-11-28-58(51)82-62)73(67)68-50-20-3-10-27-57(50)79(72(66)68)45-39-64-70-65(40-45)85-61-31-14-7-24-54(61)75(70)53-23-6-13-30-60(53)84-64/h1-40H. The molecule has 19 rings (SSSR count). The van der Waals surface area contributed by atoms with E-state index in [1.165, 1.54) is 12.1 Å². The quantitative estimate of drug-likeness (QED) is 0.158. The number of nitrogens with zero attached hydrogens (tertiary/aromatic N) is 4. The summed E-state index contributed by atoms with van der Waals surface area (Å²) in [5, 5.41) is 15.8. The molecule has 400 valence electrons. The second kappa shape index (κ2) is 17.2. The number of rotatable bonds is 5. The van der Waals surface area contributed by atoms with Crippen LogP contribution in [0.1, 0.15) is 5.56 Å². The lowest BCUT2D eigenvalue weighted by atomic mass is 9.35. The summed E-state index contributed by atoms with van der Waals surface area (Å²) in [6, 6.07) is 83.0. The van der Waals surface area contributed by atoms with Crippen LogP contribution in [0, 0.1) is 11.3 Å². The van der Waals surface area contributed by atoms with Crippen LogP contribution in [0.2, 0.25) is 0 Å². The summed E-state index contributed by atoms with van der Waals surface area (Å²) >= 11 is 0.